The van der Waals surface area contributed by atoms with Gasteiger partial charge in [-0.3, -0.25) is 0 Å². The second kappa shape index (κ2) is 7.94. The minimum Gasteiger partial charge on any atom is -0.314 e. The zero-order valence-corrected chi connectivity index (χ0v) is 17.1. The van der Waals surface area contributed by atoms with E-state index >= 15 is 0 Å². The summed E-state index contributed by atoms with van der Waals surface area (Å²) in [6.45, 7) is 10.0. The van der Waals surface area contributed by atoms with Crippen LogP contribution in [0.15, 0.2) is 60.7 Å². The Balaban J connectivity index is 1.59. The van der Waals surface area contributed by atoms with Crippen LogP contribution in [0.4, 0.5) is 0 Å². The van der Waals surface area contributed by atoms with E-state index in [1.54, 1.807) is 0 Å². The lowest BCUT2D eigenvalue weighted by Gasteiger charge is -2.51. The highest BCUT2D eigenvalue weighted by Gasteiger charge is 2.42. The summed E-state index contributed by atoms with van der Waals surface area (Å²) in [4.78, 5) is 0. The average molecular weight is 353 g/mol. The fourth-order valence-electron chi connectivity index (χ4n) is 4.37. The first kappa shape index (κ1) is 19.1. The Labute approximate surface area is 160 Å². The highest BCUT2D eigenvalue weighted by molar-refractivity contribution is 5.16. The summed E-state index contributed by atoms with van der Waals surface area (Å²) in [5.41, 5.74) is 2.94. The molecule has 0 N–H and O–H groups in total. The molecule has 2 heteroatoms. The van der Waals surface area contributed by atoms with Crippen LogP contribution in [-0.2, 0) is 12.8 Å². The first-order valence-electron chi connectivity index (χ1n) is 10.2. The third-order valence-corrected chi connectivity index (χ3v) is 7.12. The van der Waals surface area contributed by atoms with Crippen molar-refractivity contribution in [1.29, 1.82) is 0 Å². The molecule has 2 unspecified atom stereocenters. The monoisotopic (exact) mass is 352 g/mol. The first-order chi connectivity index (χ1) is 12.4. The maximum Gasteiger partial charge on any atom is 0.129 e. The summed E-state index contributed by atoms with van der Waals surface area (Å²) in [7, 11) is 4.94. The zero-order chi connectivity index (χ0) is 18.6. The van der Waals surface area contributed by atoms with E-state index in [0.717, 1.165) is 0 Å². The summed E-state index contributed by atoms with van der Waals surface area (Å²) in [6, 6.07) is 23.3. The smallest absolute Gasteiger partial charge is 0.129 e. The van der Waals surface area contributed by atoms with Crippen LogP contribution < -0.4 is 0 Å². The van der Waals surface area contributed by atoms with Crippen LogP contribution in [0, 0.1) is 0 Å². The number of nitrogens with zero attached hydrogens (tertiary/aromatic N) is 2. The summed E-state index contributed by atoms with van der Waals surface area (Å²) < 4.78 is 2.42. The second-order valence-electron chi connectivity index (χ2n) is 8.93. The van der Waals surface area contributed by atoms with Gasteiger partial charge in [0, 0.05) is 12.8 Å². The largest absolute Gasteiger partial charge is 0.314 e. The number of quaternary nitrogens is 2. The molecule has 1 saturated heterocycles. The fourth-order valence-corrected chi connectivity index (χ4v) is 4.37. The van der Waals surface area contributed by atoms with Gasteiger partial charge in [-0.2, -0.15) is 0 Å². The third kappa shape index (κ3) is 4.36. The van der Waals surface area contributed by atoms with Gasteiger partial charge in [0.2, 0.25) is 0 Å². The molecule has 0 amide bonds. The van der Waals surface area contributed by atoms with Gasteiger partial charge in [-0.25, -0.2) is 0 Å². The number of hydrogen-bond acceptors (Lipinski definition) is 0. The standard InChI is InChI=1S/C24H36N2/c1-21(19-23-11-7-5-8-12-23)25(3)15-17-26(4,18-16-25)22(2)20-24-13-9-6-10-14-24/h5-14,21-22H,15-20H2,1-4H3/q+2. The minimum absolute atomic E-state index is 0.676. The van der Waals surface area contributed by atoms with Crippen molar-refractivity contribution in [2.24, 2.45) is 0 Å². The summed E-state index contributed by atoms with van der Waals surface area (Å²) in [5.74, 6) is 0. The molecular weight excluding hydrogens is 316 g/mol. The number of rotatable bonds is 6. The lowest BCUT2D eigenvalue weighted by molar-refractivity contribution is -1.03. The van der Waals surface area contributed by atoms with E-state index in [4.69, 9.17) is 0 Å². The van der Waals surface area contributed by atoms with E-state index in [2.05, 4.69) is 88.6 Å². The average Bonchev–Trinajstić information content (AvgIpc) is 2.66. The normalized spacial score (nSPS) is 28.5. The molecule has 3 rings (SSSR count). The molecule has 0 aromatic heterocycles. The molecule has 2 nitrogen and oxygen atoms in total. The molecule has 1 fully saturated rings. The Morgan fingerprint density at radius 3 is 1.23 bits per heavy atom. The molecule has 2 aromatic rings. The van der Waals surface area contributed by atoms with E-state index in [1.807, 2.05) is 0 Å². The maximum absolute atomic E-state index is 2.47. The molecule has 140 valence electrons. The second-order valence-corrected chi connectivity index (χ2v) is 8.93. The van der Waals surface area contributed by atoms with Gasteiger partial charge in [0.15, 0.2) is 0 Å². The molecule has 0 radical (unpaired) electrons. The van der Waals surface area contributed by atoms with Crippen LogP contribution in [-0.4, -0.2) is 61.3 Å². The number of benzene rings is 2. The van der Waals surface area contributed by atoms with Gasteiger partial charge in [-0.05, 0) is 25.0 Å². The van der Waals surface area contributed by atoms with Crippen LogP contribution in [0.2, 0.25) is 0 Å². The predicted molar refractivity (Wildman–Crippen MR) is 111 cm³/mol. The lowest BCUT2D eigenvalue weighted by atomic mass is 10.00. The van der Waals surface area contributed by atoms with E-state index in [9.17, 15) is 0 Å². The van der Waals surface area contributed by atoms with Crippen LogP contribution >= 0.6 is 0 Å². The first-order valence-corrected chi connectivity index (χ1v) is 10.2. The van der Waals surface area contributed by atoms with Crippen LogP contribution in [0.3, 0.4) is 0 Å². The molecule has 2 aromatic carbocycles. The van der Waals surface area contributed by atoms with Crippen LogP contribution in [0.25, 0.3) is 0 Å². The van der Waals surface area contributed by atoms with Crippen molar-refractivity contribution in [2.45, 2.75) is 38.8 Å². The van der Waals surface area contributed by atoms with Gasteiger partial charge in [0.05, 0.1) is 26.2 Å². The van der Waals surface area contributed by atoms with Gasteiger partial charge in [0.25, 0.3) is 0 Å². The highest BCUT2D eigenvalue weighted by Crippen LogP contribution is 2.25. The number of likely N-dealkylation sites (N-methyl/N-ethyl adjacent to an activating group) is 2. The molecular formula is C24H36N2+2. The Bertz CT molecular complexity index is 610. The van der Waals surface area contributed by atoms with E-state index in [1.165, 1.54) is 59.1 Å². The Kier molecular flexibility index (Phi) is 5.84. The fraction of sp³-hybridized carbons (Fsp3) is 0.500. The van der Waals surface area contributed by atoms with Gasteiger partial charge < -0.3 is 8.97 Å². The molecule has 0 saturated carbocycles. The zero-order valence-electron chi connectivity index (χ0n) is 17.1. The summed E-state index contributed by atoms with van der Waals surface area (Å²) >= 11 is 0. The van der Waals surface area contributed by atoms with Gasteiger partial charge in [-0.15, -0.1) is 0 Å². The van der Waals surface area contributed by atoms with Crippen molar-refractivity contribution in [1.82, 2.24) is 0 Å². The quantitative estimate of drug-likeness (QED) is 0.685. The Morgan fingerprint density at radius 2 is 0.923 bits per heavy atom. The predicted octanol–water partition coefficient (Wildman–Crippen LogP) is 4.16. The number of piperazine rings is 1. The van der Waals surface area contributed by atoms with E-state index < -0.39 is 0 Å². The van der Waals surface area contributed by atoms with Gasteiger partial charge in [-0.1, -0.05) is 60.7 Å². The number of hydrogen-bond donors (Lipinski definition) is 0. The van der Waals surface area contributed by atoms with Crippen LogP contribution in [0.1, 0.15) is 25.0 Å². The Hall–Kier alpha value is -1.64. The molecule has 1 aliphatic heterocycles. The van der Waals surface area contributed by atoms with Crippen molar-refractivity contribution < 1.29 is 8.97 Å². The van der Waals surface area contributed by atoms with Crippen molar-refractivity contribution in [3.63, 3.8) is 0 Å². The van der Waals surface area contributed by atoms with Crippen molar-refractivity contribution in [2.75, 3.05) is 40.3 Å². The van der Waals surface area contributed by atoms with E-state index in [0.29, 0.717) is 12.1 Å². The molecule has 1 heterocycles. The van der Waals surface area contributed by atoms with Gasteiger partial charge >= 0.3 is 0 Å². The van der Waals surface area contributed by atoms with E-state index in [-0.39, 0.29) is 0 Å². The van der Waals surface area contributed by atoms with Crippen molar-refractivity contribution in [3.8, 4) is 0 Å². The van der Waals surface area contributed by atoms with Crippen molar-refractivity contribution in [3.05, 3.63) is 71.8 Å². The molecule has 0 aliphatic carbocycles. The lowest BCUT2D eigenvalue weighted by Crippen LogP contribution is -2.69. The molecule has 1 aliphatic rings. The molecule has 26 heavy (non-hydrogen) atoms. The summed E-state index contributed by atoms with van der Waals surface area (Å²) in [6.07, 6.45) is 2.36. The van der Waals surface area contributed by atoms with Crippen LogP contribution in [0.5, 0.6) is 0 Å². The maximum atomic E-state index is 2.47. The highest BCUT2D eigenvalue weighted by atomic mass is 15.5. The third-order valence-electron chi connectivity index (χ3n) is 7.12. The minimum atomic E-state index is 0.676. The Morgan fingerprint density at radius 1 is 0.615 bits per heavy atom. The molecule has 2 atom stereocenters. The SMILES string of the molecule is CC(Cc1ccccc1)[N+]1(C)CC[N+](C)(C(C)Cc2ccccc2)CC1. The molecule has 0 spiro atoms. The topological polar surface area (TPSA) is 0 Å². The van der Waals surface area contributed by atoms with Gasteiger partial charge in [0.1, 0.15) is 26.2 Å². The summed E-state index contributed by atoms with van der Waals surface area (Å²) in [5, 5.41) is 0. The van der Waals surface area contributed by atoms with Crippen molar-refractivity contribution >= 4 is 0 Å². The molecule has 0 bridgehead atoms.